The first-order chi connectivity index (χ1) is 9.76. The van der Waals surface area contributed by atoms with Crippen LogP contribution in [0.2, 0.25) is 0 Å². The highest BCUT2D eigenvalue weighted by molar-refractivity contribution is 5.93. The van der Waals surface area contributed by atoms with Crippen molar-refractivity contribution in [2.45, 2.75) is 62.6 Å². The Morgan fingerprint density at radius 2 is 2.00 bits per heavy atom. The van der Waals surface area contributed by atoms with E-state index in [0.717, 1.165) is 44.3 Å². The standard InChI is InChI=1S/C15H20N2O3/c1-19-12-6-10-4-5-11(7-12)17(10)15(18)13-8-14(20-16-13)9-2-3-9/h8-12H,2-7H2,1H3. The van der Waals surface area contributed by atoms with Crippen LogP contribution >= 0.6 is 0 Å². The lowest BCUT2D eigenvalue weighted by Gasteiger charge is -2.37. The van der Waals surface area contributed by atoms with E-state index < -0.39 is 0 Å². The number of rotatable bonds is 3. The zero-order chi connectivity index (χ0) is 13.7. The molecule has 0 spiro atoms. The molecule has 2 unspecified atom stereocenters. The summed E-state index contributed by atoms with van der Waals surface area (Å²) in [6.45, 7) is 0. The van der Waals surface area contributed by atoms with E-state index in [1.807, 2.05) is 11.0 Å². The molecule has 108 valence electrons. The largest absolute Gasteiger partial charge is 0.381 e. The molecule has 0 N–H and O–H groups in total. The number of piperidine rings is 1. The van der Waals surface area contributed by atoms with Crippen LogP contribution in [0.25, 0.3) is 0 Å². The molecule has 3 fully saturated rings. The van der Waals surface area contributed by atoms with Crippen LogP contribution in [0.4, 0.5) is 0 Å². The number of methoxy groups -OCH3 is 1. The van der Waals surface area contributed by atoms with Gasteiger partial charge in [0.15, 0.2) is 5.69 Å². The second-order valence-electron chi connectivity index (χ2n) is 6.32. The number of ether oxygens (including phenoxy) is 1. The van der Waals surface area contributed by atoms with Crippen molar-refractivity contribution in [2.24, 2.45) is 0 Å². The maximum absolute atomic E-state index is 12.7. The summed E-state index contributed by atoms with van der Waals surface area (Å²) in [7, 11) is 1.77. The normalized spacial score (nSPS) is 32.6. The van der Waals surface area contributed by atoms with Gasteiger partial charge in [-0.2, -0.15) is 0 Å². The number of fused-ring (bicyclic) bond motifs is 2. The van der Waals surface area contributed by atoms with Crippen molar-refractivity contribution in [3.05, 3.63) is 17.5 Å². The molecular formula is C15H20N2O3. The highest BCUT2D eigenvalue weighted by atomic mass is 16.5. The third kappa shape index (κ3) is 1.95. The summed E-state index contributed by atoms with van der Waals surface area (Å²) in [4.78, 5) is 14.7. The molecule has 2 saturated heterocycles. The maximum atomic E-state index is 12.7. The van der Waals surface area contributed by atoms with Crippen LogP contribution in [0.5, 0.6) is 0 Å². The summed E-state index contributed by atoms with van der Waals surface area (Å²) in [6, 6.07) is 2.47. The van der Waals surface area contributed by atoms with Crippen molar-refractivity contribution in [3.8, 4) is 0 Å². The van der Waals surface area contributed by atoms with Crippen LogP contribution in [-0.4, -0.2) is 41.3 Å². The van der Waals surface area contributed by atoms with Gasteiger partial charge in [-0.25, -0.2) is 0 Å². The molecule has 5 nitrogen and oxygen atoms in total. The molecule has 1 aliphatic carbocycles. The van der Waals surface area contributed by atoms with Crippen molar-refractivity contribution in [1.29, 1.82) is 0 Å². The predicted molar refractivity (Wildman–Crippen MR) is 71.5 cm³/mol. The van der Waals surface area contributed by atoms with E-state index in [1.54, 1.807) is 7.11 Å². The molecule has 5 heteroatoms. The van der Waals surface area contributed by atoms with Gasteiger partial charge in [-0.15, -0.1) is 0 Å². The molecule has 2 bridgehead atoms. The average Bonchev–Trinajstić information content (AvgIpc) is 3.14. The Morgan fingerprint density at radius 1 is 1.30 bits per heavy atom. The van der Waals surface area contributed by atoms with E-state index in [1.165, 1.54) is 0 Å². The van der Waals surface area contributed by atoms with Crippen LogP contribution in [0.15, 0.2) is 10.6 Å². The third-order valence-corrected chi connectivity index (χ3v) is 4.98. The van der Waals surface area contributed by atoms with E-state index in [9.17, 15) is 4.79 Å². The Morgan fingerprint density at radius 3 is 2.60 bits per heavy atom. The van der Waals surface area contributed by atoms with Gasteiger partial charge in [0.25, 0.3) is 5.91 Å². The third-order valence-electron chi connectivity index (χ3n) is 4.98. The van der Waals surface area contributed by atoms with E-state index in [4.69, 9.17) is 9.26 Å². The fourth-order valence-electron chi connectivity index (χ4n) is 3.73. The summed E-state index contributed by atoms with van der Waals surface area (Å²) >= 11 is 0. The van der Waals surface area contributed by atoms with Gasteiger partial charge in [0.1, 0.15) is 5.76 Å². The molecular weight excluding hydrogens is 256 g/mol. The van der Waals surface area contributed by atoms with E-state index in [0.29, 0.717) is 29.8 Å². The van der Waals surface area contributed by atoms with Gasteiger partial charge in [0.05, 0.1) is 6.10 Å². The number of nitrogens with zero attached hydrogens (tertiary/aromatic N) is 2. The summed E-state index contributed by atoms with van der Waals surface area (Å²) in [5.41, 5.74) is 0.486. The first kappa shape index (κ1) is 12.4. The zero-order valence-corrected chi connectivity index (χ0v) is 11.7. The molecule has 3 heterocycles. The van der Waals surface area contributed by atoms with E-state index in [2.05, 4.69) is 5.16 Å². The maximum Gasteiger partial charge on any atom is 0.276 e. The first-order valence-electron chi connectivity index (χ1n) is 7.58. The van der Waals surface area contributed by atoms with Crippen LogP contribution in [0.3, 0.4) is 0 Å². The lowest BCUT2D eigenvalue weighted by Crippen LogP contribution is -2.48. The van der Waals surface area contributed by atoms with Gasteiger partial charge in [0, 0.05) is 31.2 Å². The Labute approximate surface area is 118 Å². The minimum atomic E-state index is 0.0442. The Hall–Kier alpha value is -1.36. The molecule has 20 heavy (non-hydrogen) atoms. The predicted octanol–water partition coefficient (Wildman–Crippen LogP) is 2.33. The smallest absolute Gasteiger partial charge is 0.276 e. The van der Waals surface area contributed by atoms with Gasteiger partial charge in [-0.05, 0) is 38.5 Å². The summed E-state index contributed by atoms with van der Waals surface area (Å²) < 4.78 is 10.8. The Balaban J connectivity index is 1.53. The minimum absolute atomic E-state index is 0.0442. The summed E-state index contributed by atoms with van der Waals surface area (Å²) in [5, 5.41) is 3.99. The van der Waals surface area contributed by atoms with Gasteiger partial charge < -0.3 is 14.2 Å². The number of hydrogen-bond donors (Lipinski definition) is 0. The Kier molecular flexibility index (Phi) is 2.84. The highest BCUT2D eigenvalue weighted by Gasteiger charge is 2.44. The van der Waals surface area contributed by atoms with Gasteiger partial charge >= 0.3 is 0 Å². The molecule has 1 saturated carbocycles. The SMILES string of the molecule is COC1CC2CCC(C1)N2C(=O)c1cc(C2CC2)on1. The minimum Gasteiger partial charge on any atom is -0.381 e. The number of amides is 1. The van der Waals surface area contributed by atoms with Crippen molar-refractivity contribution < 1.29 is 14.1 Å². The lowest BCUT2D eigenvalue weighted by molar-refractivity contribution is 0.00776. The number of carbonyl (C=O) groups is 1. The zero-order valence-electron chi connectivity index (χ0n) is 11.7. The molecule has 2 atom stereocenters. The van der Waals surface area contributed by atoms with Gasteiger partial charge in [-0.1, -0.05) is 5.16 Å². The summed E-state index contributed by atoms with van der Waals surface area (Å²) in [5.74, 6) is 1.43. The Bertz CT molecular complexity index is 509. The molecule has 4 rings (SSSR count). The topological polar surface area (TPSA) is 55.6 Å². The van der Waals surface area contributed by atoms with Crippen LogP contribution < -0.4 is 0 Å². The quantitative estimate of drug-likeness (QED) is 0.850. The van der Waals surface area contributed by atoms with Crippen molar-refractivity contribution >= 4 is 5.91 Å². The van der Waals surface area contributed by atoms with E-state index >= 15 is 0 Å². The highest BCUT2D eigenvalue weighted by Crippen LogP contribution is 2.41. The van der Waals surface area contributed by atoms with Crippen LogP contribution in [0.1, 0.15) is 60.7 Å². The molecule has 0 radical (unpaired) electrons. The average molecular weight is 276 g/mol. The van der Waals surface area contributed by atoms with Crippen molar-refractivity contribution in [2.75, 3.05) is 7.11 Å². The van der Waals surface area contributed by atoms with Crippen molar-refractivity contribution in [1.82, 2.24) is 10.1 Å². The number of aromatic nitrogens is 1. The fourth-order valence-corrected chi connectivity index (χ4v) is 3.73. The van der Waals surface area contributed by atoms with Gasteiger partial charge in [0.2, 0.25) is 0 Å². The van der Waals surface area contributed by atoms with Crippen LogP contribution in [0, 0.1) is 0 Å². The van der Waals surface area contributed by atoms with Crippen molar-refractivity contribution in [3.63, 3.8) is 0 Å². The second kappa shape index (κ2) is 4.58. The first-order valence-corrected chi connectivity index (χ1v) is 7.58. The number of carbonyl (C=O) groups excluding carboxylic acids is 1. The molecule has 1 aromatic rings. The summed E-state index contributed by atoms with van der Waals surface area (Å²) in [6.07, 6.45) is 6.70. The van der Waals surface area contributed by atoms with Gasteiger partial charge in [-0.3, -0.25) is 4.79 Å². The lowest BCUT2D eigenvalue weighted by atomic mass is 9.99. The molecule has 1 aromatic heterocycles. The number of hydrogen-bond acceptors (Lipinski definition) is 4. The van der Waals surface area contributed by atoms with Crippen LogP contribution in [-0.2, 0) is 4.74 Å². The van der Waals surface area contributed by atoms with E-state index in [-0.39, 0.29) is 5.91 Å². The molecule has 0 aromatic carbocycles. The second-order valence-corrected chi connectivity index (χ2v) is 6.32. The molecule has 3 aliphatic rings. The molecule has 1 amide bonds. The molecule has 2 aliphatic heterocycles. The monoisotopic (exact) mass is 276 g/mol. The fraction of sp³-hybridized carbons (Fsp3) is 0.733.